The van der Waals surface area contributed by atoms with Crippen molar-refractivity contribution in [2.24, 2.45) is 0 Å². The molecule has 1 heterocycles. The third-order valence-corrected chi connectivity index (χ3v) is 3.00. The quantitative estimate of drug-likeness (QED) is 0.632. The Labute approximate surface area is 112 Å². The molecule has 0 unspecified atom stereocenters. The topological polar surface area (TPSA) is 50.4 Å². The molecule has 2 atom stereocenters. The molecule has 1 aromatic rings. The van der Waals surface area contributed by atoms with Crippen LogP contribution in [0.5, 0.6) is 0 Å². The molecule has 96 valence electrons. The van der Waals surface area contributed by atoms with Gasteiger partial charge in [0.05, 0.1) is 0 Å². The molecule has 0 bridgehead atoms. The molecule has 2 rings (SSSR count). The van der Waals surface area contributed by atoms with Crippen molar-refractivity contribution < 1.29 is 9.53 Å². The van der Waals surface area contributed by atoms with Crippen LogP contribution in [0.4, 0.5) is 5.69 Å². The first-order valence-electron chi connectivity index (χ1n) is 5.89. The van der Waals surface area contributed by atoms with Gasteiger partial charge in [-0.3, -0.25) is 0 Å². The molecule has 5 heteroatoms. The Balaban J connectivity index is 1.89. The van der Waals surface area contributed by atoms with Gasteiger partial charge in [0.1, 0.15) is 12.1 Å². The second kappa shape index (κ2) is 5.35. The molecule has 0 amide bonds. The van der Waals surface area contributed by atoms with Gasteiger partial charge in [0.25, 0.3) is 0 Å². The van der Waals surface area contributed by atoms with E-state index in [0.717, 1.165) is 5.69 Å². The molecule has 0 spiro atoms. The smallest absolute Gasteiger partial charge is 0.329 e. The number of rotatable bonds is 2. The van der Waals surface area contributed by atoms with Gasteiger partial charge in [-0.25, -0.2) is 4.79 Å². The van der Waals surface area contributed by atoms with E-state index in [1.54, 1.807) is 0 Å². The molecular formula is C13H16N2O2S. The van der Waals surface area contributed by atoms with Gasteiger partial charge >= 0.3 is 5.97 Å². The van der Waals surface area contributed by atoms with Crippen molar-refractivity contribution in [2.75, 3.05) is 5.32 Å². The maximum atomic E-state index is 11.4. The van der Waals surface area contributed by atoms with E-state index >= 15 is 0 Å². The number of anilines is 1. The van der Waals surface area contributed by atoms with Crippen LogP contribution in [0, 0.1) is 6.92 Å². The van der Waals surface area contributed by atoms with Crippen molar-refractivity contribution in [1.82, 2.24) is 5.32 Å². The second-order valence-electron chi connectivity index (χ2n) is 4.50. The molecule has 1 aliphatic heterocycles. The van der Waals surface area contributed by atoms with Gasteiger partial charge in [-0.05, 0) is 38.2 Å². The van der Waals surface area contributed by atoms with Crippen LogP contribution in [-0.2, 0) is 9.53 Å². The summed E-state index contributed by atoms with van der Waals surface area (Å²) >= 11 is 5.17. The Bertz CT molecular complexity index is 459. The van der Waals surface area contributed by atoms with E-state index in [0.29, 0.717) is 11.5 Å². The van der Waals surface area contributed by atoms with Crippen LogP contribution < -0.4 is 10.6 Å². The zero-order valence-corrected chi connectivity index (χ0v) is 11.2. The van der Waals surface area contributed by atoms with Gasteiger partial charge in [0.2, 0.25) is 0 Å². The highest BCUT2D eigenvalue weighted by Gasteiger charge is 2.32. The molecule has 18 heavy (non-hydrogen) atoms. The Hall–Kier alpha value is -1.62. The first-order chi connectivity index (χ1) is 8.54. The maximum absolute atomic E-state index is 11.4. The van der Waals surface area contributed by atoms with Crippen molar-refractivity contribution in [3.63, 3.8) is 0 Å². The highest BCUT2D eigenvalue weighted by atomic mass is 32.1. The van der Waals surface area contributed by atoms with Gasteiger partial charge in [0.15, 0.2) is 5.11 Å². The summed E-state index contributed by atoms with van der Waals surface area (Å²) in [6.07, 6.45) is 0.603. The Morgan fingerprint density at radius 2 is 2.06 bits per heavy atom. The fraction of sp³-hybridized carbons (Fsp3) is 0.385. The molecule has 0 aliphatic carbocycles. The molecule has 0 aromatic heterocycles. The van der Waals surface area contributed by atoms with Crippen LogP contribution in [0.25, 0.3) is 0 Å². The van der Waals surface area contributed by atoms with E-state index in [1.807, 2.05) is 38.1 Å². The predicted octanol–water partition coefficient (Wildman–Crippen LogP) is 1.99. The molecule has 1 saturated heterocycles. The molecule has 1 fully saturated rings. The lowest BCUT2D eigenvalue weighted by molar-refractivity contribution is -0.142. The number of nitrogens with one attached hydrogen (secondary N) is 2. The van der Waals surface area contributed by atoms with E-state index in [2.05, 4.69) is 10.6 Å². The highest BCUT2D eigenvalue weighted by Crippen LogP contribution is 2.14. The highest BCUT2D eigenvalue weighted by molar-refractivity contribution is 7.80. The number of ether oxygens (including phenoxy) is 1. The molecule has 1 aromatic carbocycles. The summed E-state index contributed by atoms with van der Waals surface area (Å²) in [5, 5.41) is 6.45. The van der Waals surface area contributed by atoms with Gasteiger partial charge < -0.3 is 15.4 Å². The standard InChI is InChI=1S/C13H16N2O2S/c1-8-3-5-10(6-4-8)14-13(18)15-11-7-9(2)17-12(11)16/h3-6,9,11H,7H2,1-2H3,(H2,14,15,18)/t9-,11-/m0/s1. The van der Waals surface area contributed by atoms with Crippen LogP contribution in [0.3, 0.4) is 0 Å². The molecule has 1 aliphatic rings. The summed E-state index contributed by atoms with van der Waals surface area (Å²) < 4.78 is 5.05. The Morgan fingerprint density at radius 3 is 2.61 bits per heavy atom. The molecular weight excluding hydrogens is 248 g/mol. The summed E-state index contributed by atoms with van der Waals surface area (Å²) in [6.45, 7) is 3.90. The monoisotopic (exact) mass is 264 g/mol. The first-order valence-corrected chi connectivity index (χ1v) is 6.30. The summed E-state index contributed by atoms with van der Waals surface area (Å²) in [5.41, 5.74) is 2.09. The minimum Gasteiger partial charge on any atom is -0.461 e. The fourth-order valence-electron chi connectivity index (χ4n) is 1.84. The molecule has 4 nitrogen and oxygen atoms in total. The van der Waals surface area contributed by atoms with Crippen molar-refractivity contribution in [1.29, 1.82) is 0 Å². The van der Waals surface area contributed by atoms with E-state index in [4.69, 9.17) is 17.0 Å². The summed E-state index contributed by atoms with van der Waals surface area (Å²) in [5.74, 6) is -0.240. The normalized spacial score (nSPS) is 22.4. The third-order valence-electron chi connectivity index (χ3n) is 2.78. The molecule has 2 N–H and O–H groups in total. The lowest BCUT2D eigenvalue weighted by atomic mass is 10.2. The fourth-order valence-corrected chi connectivity index (χ4v) is 2.10. The summed E-state index contributed by atoms with van der Waals surface area (Å²) in [7, 11) is 0. The Kier molecular flexibility index (Phi) is 3.81. The van der Waals surface area contributed by atoms with Gasteiger partial charge in [-0.1, -0.05) is 17.7 Å². The zero-order chi connectivity index (χ0) is 13.1. The van der Waals surface area contributed by atoms with Crippen molar-refractivity contribution in [3.8, 4) is 0 Å². The predicted molar refractivity (Wildman–Crippen MR) is 74.5 cm³/mol. The van der Waals surface area contributed by atoms with Gasteiger partial charge in [-0.15, -0.1) is 0 Å². The minimum atomic E-state index is -0.342. The maximum Gasteiger partial charge on any atom is 0.329 e. The number of aryl methyl sites for hydroxylation is 1. The van der Waals surface area contributed by atoms with Crippen LogP contribution >= 0.6 is 12.2 Å². The van der Waals surface area contributed by atoms with Gasteiger partial charge in [0, 0.05) is 12.1 Å². The van der Waals surface area contributed by atoms with Crippen LogP contribution in [0.1, 0.15) is 18.9 Å². The summed E-state index contributed by atoms with van der Waals surface area (Å²) in [6, 6.07) is 7.54. The SMILES string of the molecule is Cc1ccc(NC(=S)N[C@H]2C[C@H](C)OC2=O)cc1. The largest absolute Gasteiger partial charge is 0.461 e. The number of cyclic esters (lactones) is 1. The third kappa shape index (κ3) is 3.20. The number of hydrogen-bond donors (Lipinski definition) is 2. The first kappa shape index (κ1) is 12.8. The minimum absolute atomic E-state index is 0.0443. The van der Waals surface area contributed by atoms with Crippen molar-refractivity contribution >= 4 is 29.0 Å². The average Bonchev–Trinajstić information content (AvgIpc) is 2.61. The Morgan fingerprint density at radius 1 is 1.39 bits per heavy atom. The number of carbonyl (C=O) groups is 1. The number of carbonyl (C=O) groups excluding carboxylic acids is 1. The van der Waals surface area contributed by atoms with Crippen LogP contribution in [0.2, 0.25) is 0 Å². The van der Waals surface area contributed by atoms with E-state index in [1.165, 1.54) is 5.56 Å². The summed E-state index contributed by atoms with van der Waals surface area (Å²) in [4.78, 5) is 11.4. The van der Waals surface area contributed by atoms with Crippen molar-refractivity contribution in [2.45, 2.75) is 32.4 Å². The average molecular weight is 264 g/mol. The molecule has 0 radical (unpaired) electrons. The van der Waals surface area contributed by atoms with Crippen molar-refractivity contribution in [3.05, 3.63) is 29.8 Å². The van der Waals surface area contributed by atoms with E-state index in [-0.39, 0.29) is 18.1 Å². The lowest BCUT2D eigenvalue weighted by Gasteiger charge is -2.13. The lowest BCUT2D eigenvalue weighted by Crippen LogP contribution is -2.40. The van der Waals surface area contributed by atoms with Crippen LogP contribution in [-0.4, -0.2) is 23.2 Å². The number of benzene rings is 1. The van der Waals surface area contributed by atoms with E-state index in [9.17, 15) is 4.79 Å². The molecule has 0 saturated carbocycles. The zero-order valence-electron chi connectivity index (χ0n) is 10.4. The second-order valence-corrected chi connectivity index (χ2v) is 4.91. The number of esters is 1. The number of hydrogen-bond acceptors (Lipinski definition) is 3. The van der Waals surface area contributed by atoms with Gasteiger partial charge in [-0.2, -0.15) is 0 Å². The van der Waals surface area contributed by atoms with Crippen LogP contribution in [0.15, 0.2) is 24.3 Å². The number of thiocarbonyl (C=S) groups is 1. The van der Waals surface area contributed by atoms with E-state index < -0.39 is 0 Å².